The Kier molecular flexibility index (Phi) is 6.41. The van der Waals surface area contributed by atoms with Gasteiger partial charge in [0.25, 0.3) is 0 Å². The second-order valence-corrected chi connectivity index (χ2v) is 4.87. The fourth-order valence-electron chi connectivity index (χ4n) is 1.95. The highest BCUT2D eigenvalue weighted by Crippen LogP contribution is 2.21. The van der Waals surface area contributed by atoms with Gasteiger partial charge in [0.05, 0.1) is 11.6 Å². The Balaban J connectivity index is 4.71. The molecule has 92 valence electrons. The number of methoxy groups -OCH3 is 1. The summed E-state index contributed by atoms with van der Waals surface area (Å²) in [6.07, 6.45) is 0.154. The van der Waals surface area contributed by atoms with Gasteiger partial charge in [0.15, 0.2) is 0 Å². The summed E-state index contributed by atoms with van der Waals surface area (Å²) in [5.74, 6) is 0.653. The number of rotatable bonds is 7. The van der Waals surface area contributed by atoms with Crippen molar-refractivity contribution in [2.45, 2.75) is 46.3 Å². The third-order valence-corrected chi connectivity index (χ3v) is 3.33. The van der Waals surface area contributed by atoms with Gasteiger partial charge in [-0.15, -0.1) is 0 Å². The van der Waals surface area contributed by atoms with Gasteiger partial charge in [-0.05, 0) is 26.3 Å². The lowest BCUT2D eigenvalue weighted by atomic mass is 9.92. The molecule has 0 saturated carbocycles. The van der Waals surface area contributed by atoms with Crippen molar-refractivity contribution >= 4 is 0 Å². The minimum atomic E-state index is -0.0617. The molecule has 0 aromatic heterocycles. The van der Waals surface area contributed by atoms with Gasteiger partial charge in [-0.3, -0.25) is 4.90 Å². The van der Waals surface area contributed by atoms with Crippen molar-refractivity contribution in [3.63, 3.8) is 0 Å². The quantitative estimate of drug-likeness (QED) is 0.704. The summed E-state index contributed by atoms with van der Waals surface area (Å²) in [5.41, 5.74) is 5.85. The van der Waals surface area contributed by atoms with Crippen LogP contribution in [0.2, 0.25) is 0 Å². The molecule has 0 rings (SSSR count). The lowest BCUT2D eigenvalue weighted by molar-refractivity contribution is -0.0334. The van der Waals surface area contributed by atoms with E-state index in [4.69, 9.17) is 10.5 Å². The Bertz CT molecular complexity index is 173. The van der Waals surface area contributed by atoms with E-state index in [-0.39, 0.29) is 11.6 Å². The second-order valence-electron chi connectivity index (χ2n) is 4.87. The van der Waals surface area contributed by atoms with Crippen LogP contribution in [0.3, 0.4) is 0 Å². The molecule has 15 heavy (non-hydrogen) atoms. The summed E-state index contributed by atoms with van der Waals surface area (Å²) in [6.45, 7) is 13.6. The van der Waals surface area contributed by atoms with Crippen molar-refractivity contribution < 1.29 is 4.74 Å². The molecule has 0 radical (unpaired) electrons. The summed E-state index contributed by atoms with van der Waals surface area (Å²) >= 11 is 0. The van der Waals surface area contributed by atoms with E-state index >= 15 is 0 Å². The number of ether oxygens (including phenoxy) is 1. The molecule has 0 bridgehead atoms. The van der Waals surface area contributed by atoms with Crippen molar-refractivity contribution in [2.75, 3.05) is 26.7 Å². The lowest BCUT2D eigenvalue weighted by Gasteiger charge is -2.44. The molecule has 0 heterocycles. The van der Waals surface area contributed by atoms with Crippen LogP contribution in [-0.2, 0) is 4.74 Å². The van der Waals surface area contributed by atoms with Crippen molar-refractivity contribution in [1.29, 1.82) is 0 Å². The van der Waals surface area contributed by atoms with E-state index in [1.807, 2.05) is 0 Å². The summed E-state index contributed by atoms with van der Waals surface area (Å²) < 4.78 is 5.45. The van der Waals surface area contributed by atoms with Crippen molar-refractivity contribution in [3.05, 3.63) is 0 Å². The van der Waals surface area contributed by atoms with Gasteiger partial charge in [0, 0.05) is 20.2 Å². The van der Waals surface area contributed by atoms with Crippen LogP contribution in [0.1, 0.15) is 34.6 Å². The average molecular weight is 216 g/mol. The molecule has 0 aliphatic carbocycles. The highest BCUT2D eigenvalue weighted by atomic mass is 16.5. The molecule has 3 heteroatoms. The molecular weight excluding hydrogens is 188 g/mol. The zero-order chi connectivity index (χ0) is 12.1. The minimum Gasteiger partial charge on any atom is -0.380 e. The third-order valence-electron chi connectivity index (χ3n) is 3.33. The van der Waals surface area contributed by atoms with Crippen LogP contribution in [-0.4, -0.2) is 43.3 Å². The first-order valence-corrected chi connectivity index (χ1v) is 5.90. The molecular formula is C12H28N2O. The fourth-order valence-corrected chi connectivity index (χ4v) is 1.95. The van der Waals surface area contributed by atoms with Gasteiger partial charge in [0.1, 0.15) is 0 Å². The first-order valence-electron chi connectivity index (χ1n) is 5.90. The van der Waals surface area contributed by atoms with Crippen LogP contribution in [0.15, 0.2) is 0 Å². The van der Waals surface area contributed by atoms with E-state index in [1.54, 1.807) is 7.11 Å². The lowest BCUT2D eigenvalue weighted by Crippen LogP contribution is -2.59. The predicted octanol–water partition coefficient (Wildman–Crippen LogP) is 1.72. The maximum Gasteiger partial charge on any atom is 0.0736 e. The van der Waals surface area contributed by atoms with Crippen molar-refractivity contribution in [1.82, 2.24) is 4.90 Å². The van der Waals surface area contributed by atoms with Crippen LogP contribution in [0.4, 0.5) is 0 Å². The molecule has 2 unspecified atom stereocenters. The summed E-state index contributed by atoms with van der Waals surface area (Å²) in [7, 11) is 1.75. The Morgan fingerprint density at radius 3 is 2.13 bits per heavy atom. The summed E-state index contributed by atoms with van der Waals surface area (Å²) in [5, 5.41) is 0. The number of hydrogen-bond acceptors (Lipinski definition) is 3. The molecule has 2 atom stereocenters. The van der Waals surface area contributed by atoms with Crippen molar-refractivity contribution in [2.24, 2.45) is 11.7 Å². The molecule has 0 aromatic carbocycles. The predicted molar refractivity (Wildman–Crippen MR) is 66.0 cm³/mol. The molecule has 0 aliphatic heterocycles. The first-order chi connectivity index (χ1) is 6.92. The van der Waals surface area contributed by atoms with Gasteiger partial charge in [-0.1, -0.05) is 20.8 Å². The SMILES string of the molecule is CCN(CC(C)C)C(C)(CN)C(C)OC. The van der Waals surface area contributed by atoms with Gasteiger partial charge in [-0.25, -0.2) is 0 Å². The van der Waals surface area contributed by atoms with Crippen molar-refractivity contribution in [3.8, 4) is 0 Å². The largest absolute Gasteiger partial charge is 0.380 e. The molecule has 0 fully saturated rings. The standard InChI is InChI=1S/C12H28N2O/c1-7-14(8-10(2)3)12(5,9-13)11(4)15-6/h10-11H,7-9,13H2,1-6H3. The fraction of sp³-hybridized carbons (Fsp3) is 1.00. The topological polar surface area (TPSA) is 38.5 Å². The van der Waals surface area contributed by atoms with E-state index in [9.17, 15) is 0 Å². The van der Waals surface area contributed by atoms with Gasteiger partial charge in [-0.2, -0.15) is 0 Å². The summed E-state index contributed by atoms with van der Waals surface area (Å²) in [4.78, 5) is 2.42. The van der Waals surface area contributed by atoms with E-state index in [2.05, 4.69) is 39.5 Å². The molecule has 3 nitrogen and oxygen atoms in total. The maximum atomic E-state index is 5.91. The smallest absolute Gasteiger partial charge is 0.0736 e. The monoisotopic (exact) mass is 216 g/mol. The highest BCUT2D eigenvalue weighted by Gasteiger charge is 2.35. The molecule has 0 saturated heterocycles. The third kappa shape index (κ3) is 3.74. The van der Waals surface area contributed by atoms with Crippen LogP contribution >= 0.6 is 0 Å². The highest BCUT2D eigenvalue weighted by molar-refractivity contribution is 4.92. The van der Waals surface area contributed by atoms with E-state index in [1.165, 1.54) is 0 Å². The van der Waals surface area contributed by atoms with Crippen LogP contribution in [0, 0.1) is 5.92 Å². The molecule has 0 spiro atoms. The molecule has 2 N–H and O–H groups in total. The van der Waals surface area contributed by atoms with Gasteiger partial charge >= 0.3 is 0 Å². The van der Waals surface area contributed by atoms with Crippen LogP contribution < -0.4 is 5.73 Å². The van der Waals surface area contributed by atoms with Crippen LogP contribution in [0.25, 0.3) is 0 Å². The Morgan fingerprint density at radius 2 is 1.87 bits per heavy atom. The molecule has 0 amide bonds. The van der Waals surface area contributed by atoms with Crippen LogP contribution in [0.5, 0.6) is 0 Å². The first kappa shape index (κ1) is 14.9. The number of likely N-dealkylation sites (N-methyl/N-ethyl adjacent to an activating group) is 1. The maximum absolute atomic E-state index is 5.91. The van der Waals surface area contributed by atoms with E-state index in [0.29, 0.717) is 12.5 Å². The van der Waals surface area contributed by atoms with E-state index in [0.717, 1.165) is 13.1 Å². The van der Waals surface area contributed by atoms with Gasteiger partial charge < -0.3 is 10.5 Å². The van der Waals surface area contributed by atoms with E-state index < -0.39 is 0 Å². The van der Waals surface area contributed by atoms with Gasteiger partial charge in [0.2, 0.25) is 0 Å². The number of nitrogens with zero attached hydrogens (tertiary/aromatic N) is 1. The Morgan fingerprint density at radius 1 is 1.33 bits per heavy atom. The minimum absolute atomic E-state index is 0.0617. The zero-order valence-electron chi connectivity index (χ0n) is 11.2. The normalized spacial score (nSPS) is 18.2. The summed E-state index contributed by atoms with van der Waals surface area (Å²) in [6, 6.07) is 0. The number of hydrogen-bond donors (Lipinski definition) is 1. The zero-order valence-corrected chi connectivity index (χ0v) is 11.2. The molecule has 0 aliphatic rings. The second kappa shape index (κ2) is 6.46. The number of nitrogens with two attached hydrogens (primary N) is 1. The Hall–Kier alpha value is -0.120. The Labute approximate surface area is 95.0 Å². The average Bonchev–Trinajstić information content (AvgIpc) is 2.23. The molecule has 0 aromatic rings.